The minimum Gasteiger partial charge on any atom is -0.337 e. The second kappa shape index (κ2) is 6.03. The van der Waals surface area contributed by atoms with Crippen LogP contribution < -0.4 is 0 Å². The third-order valence-corrected chi connectivity index (χ3v) is 3.53. The maximum atomic E-state index is 11.2. The molecule has 2 aromatic rings. The molecule has 3 nitrogen and oxygen atoms in total. The molecule has 0 amide bonds. The zero-order valence-corrected chi connectivity index (χ0v) is 11.1. The van der Waals surface area contributed by atoms with E-state index < -0.39 is 0 Å². The second-order valence-corrected chi connectivity index (χ2v) is 4.82. The monoisotopic (exact) mass is 282 g/mol. The summed E-state index contributed by atoms with van der Waals surface area (Å²) in [7, 11) is 0. The summed E-state index contributed by atoms with van der Waals surface area (Å²) in [5.41, 5.74) is 0.888. The van der Waals surface area contributed by atoms with Crippen LogP contribution in [-0.4, -0.2) is 15.8 Å². The minimum atomic E-state index is -0.179. The third-order valence-electron chi connectivity index (χ3n) is 2.79. The Labute approximate surface area is 115 Å². The maximum absolute atomic E-state index is 11.2. The molecular formula is C13H12Cl2N2O. The van der Waals surface area contributed by atoms with Gasteiger partial charge in [0.1, 0.15) is 6.29 Å². The molecule has 1 atom stereocenters. The molecular weight excluding hydrogens is 271 g/mol. The summed E-state index contributed by atoms with van der Waals surface area (Å²) >= 11 is 11.8. The Morgan fingerprint density at radius 2 is 2.17 bits per heavy atom. The van der Waals surface area contributed by atoms with E-state index in [1.807, 2.05) is 16.8 Å². The van der Waals surface area contributed by atoms with E-state index in [4.69, 9.17) is 23.2 Å². The van der Waals surface area contributed by atoms with Crippen molar-refractivity contribution in [2.45, 2.75) is 18.9 Å². The Morgan fingerprint density at radius 1 is 1.33 bits per heavy atom. The number of carbonyl (C=O) groups is 1. The Balaban J connectivity index is 2.08. The fourth-order valence-corrected chi connectivity index (χ4v) is 2.07. The normalized spacial score (nSPS) is 12.3. The van der Waals surface area contributed by atoms with Crippen LogP contribution in [0.5, 0.6) is 0 Å². The molecule has 94 valence electrons. The number of carbonyl (C=O) groups excluding carboxylic acids is 1. The van der Waals surface area contributed by atoms with Crippen molar-refractivity contribution in [1.29, 1.82) is 0 Å². The topological polar surface area (TPSA) is 34.9 Å². The lowest BCUT2D eigenvalue weighted by Gasteiger charge is -2.11. The molecule has 0 radical (unpaired) electrons. The number of nitrogens with zero attached hydrogens (tertiary/aromatic N) is 2. The van der Waals surface area contributed by atoms with E-state index >= 15 is 0 Å². The summed E-state index contributed by atoms with van der Waals surface area (Å²) in [6.07, 6.45) is 6.97. The summed E-state index contributed by atoms with van der Waals surface area (Å²) in [5.74, 6) is -0.179. The van der Waals surface area contributed by atoms with Gasteiger partial charge in [0, 0.05) is 24.9 Å². The van der Waals surface area contributed by atoms with E-state index in [1.54, 1.807) is 24.7 Å². The number of halogens is 2. The molecule has 0 aliphatic heterocycles. The van der Waals surface area contributed by atoms with Crippen molar-refractivity contribution < 1.29 is 4.79 Å². The van der Waals surface area contributed by atoms with E-state index in [0.717, 1.165) is 18.4 Å². The number of hydrogen-bond donors (Lipinski definition) is 0. The van der Waals surface area contributed by atoms with Crippen LogP contribution >= 0.6 is 23.2 Å². The molecule has 0 unspecified atom stereocenters. The van der Waals surface area contributed by atoms with Gasteiger partial charge in [-0.2, -0.15) is 0 Å². The van der Waals surface area contributed by atoms with Gasteiger partial charge in [-0.15, -0.1) is 0 Å². The zero-order chi connectivity index (χ0) is 13.0. The van der Waals surface area contributed by atoms with Crippen molar-refractivity contribution in [3.8, 4) is 0 Å². The van der Waals surface area contributed by atoms with Gasteiger partial charge in [0.25, 0.3) is 0 Å². The average molecular weight is 283 g/mol. The number of imidazole rings is 1. The van der Waals surface area contributed by atoms with Gasteiger partial charge in [-0.3, -0.25) is 0 Å². The summed E-state index contributed by atoms with van der Waals surface area (Å²) in [6.45, 7) is 0.740. The summed E-state index contributed by atoms with van der Waals surface area (Å²) < 4.78 is 1.94. The van der Waals surface area contributed by atoms with Crippen molar-refractivity contribution in [2.24, 2.45) is 0 Å². The number of hydrogen-bond acceptors (Lipinski definition) is 2. The highest BCUT2D eigenvalue weighted by Gasteiger charge is 2.12. The highest BCUT2D eigenvalue weighted by Crippen LogP contribution is 2.27. The lowest BCUT2D eigenvalue weighted by molar-refractivity contribution is -0.109. The van der Waals surface area contributed by atoms with Crippen molar-refractivity contribution in [3.05, 3.63) is 52.5 Å². The molecule has 0 fully saturated rings. The van der Waals surface area contributed by atoms with Gasteiger partial charge >= 0.3 is 0 Å². The van der Waals surface area contributed by atoms with Crippen molar-refractivity contribution >= 4 is 29.5 Å². The molecule has 1 aromatic carbocycles. The molecule has 0 saturated heterocycles. The summed E-state index contributed by atoms with van der Waals surface area (Å²) in [4.78, 5) is 15.1. The number of benzene rings is 1. The van der Waals surface area contributed by atoms with E-state index in [1.165, 1.54) is 0 Å². The van der Waals surface area contributed by atoms with Gasteiger partial charge in [0.15, 0.2) is 0 Å². The number of aromatic nitrogens is 2. The van der Waals surface area contributed by atoms with Crippen LogP contribution in [0.4, 0.5) is 0 Å². The van der Waals surface area contributed by atoms with Gasteiger partial charge in [-0.25, -0.2) is 4.98 Å². The first-order valence-electron chi connectivity index (χ1n) is 5.56. The molecule has 0 N–H and O–H groups in total. The molecule has 0 bridgehead atoms. The molecule has 2 rings (SSSR count). The Hall–Kier alpha value is -1.32. The number of rotatable bonds is 5. The molecule has 0 aliphatic rings. The van der Waals surface area contributed by atoms with Crippen LogP contribution in [0.25, 0.3) is 0 Å². The van der Waals surface area contributed by atoms with Gasteiger partial charge in [-0.05, 0) is 24.1 Å². The fraction of sp³-hybridized carbons (Fsp3) is 0.231. The highest BCUT2D eigenvalue weighted by atomic mass is 35.5. The molecule has 0 spiro atoms. The summed E-state index contributed by atoms with van der Waals surface area (Å²) in [6, 6.07) is 5.30. The van der Waals surface area contributed by atoms with Crippen LogP contribution in [0.15, 0.2) is 36.9 Å². The average Bonchev–Trinajstić information content (AvgIpc) is 2.87. The Morgan fingerprint density at radius 3 is 2.78 bits per heavy atom. The first-order valence-corrected chi connectivity index (χ1v) is 6.32. The highest BCUT2D eigenvalue weighted by molar-refractivity contribution is 6.42. The summed E-state index contributed by atoms with van der Waals surface area (Å²) in [5, 5.41) is 0.975. The second-order valence-electron chi connectivity index (χ2n) is 4.01. The third kappa shape index (κ3) is 3.12. The Kier molecular flexibility index (Phi) is 4.39. The molecule has 1 aromatic heterocycles. The maximum Gasteiger partial charge on any atom is 0.127 e. The molecule has 0 aliphatic carbocycles. The SMILES string of the molecule is O=C[C@@H](CCn1ccnc1)c1ccc(Cl)c(Cl)c1. The minimum absolute atomic E-state index is 0.179. The van der Waals surface area contributed by atoms with Crippen LogP contribution in [0.1, 0.15) is 17.9 Å². The van der Waals surface area contributed by atoms with E-state index in [0.29, 0.717) is 16.5 Å². The van der Waals surface area contributed by atoms with E-state index in [2.05, 4.69) is 4.98 Å². The lowest BCUT2D eigenvalue weighted by atomic mass is 9.97. The van der Waals surface area contributed by atoms with Crippen molar-refractivity contribution in [1.82, 2.24) is 9.55 Å². The molecule has 18 heavy (non-hydrogen) atoms. The van der Waals surface area contributed by atoms with Crippen molar-refractivity contribution in [3.63, 3.8) is 0 Å². The van der Waals surface area contributed by atoms with Gasteiger partial charge in [0.2, 0.25) is 0 Å². The standard InChI is InChI=1S/C13H12Cl2N2O/c14-12-2-1-10(7-13(12)15)11(8-18)3-5-17-6-4-16-9-17/h1-2,4,6-9,11H,3,5H2/t11-/m1/s1. The first kappa shape index (κ1) is 13.1. The van der Waals surface area contributed by atoms with Crippen molar-refractivity contribution in [2.75, 3.05) is 0 Å². The zero-order valence-electron chi connectivity index (χ0n) is 9.59. The van der Waals surface area contributed by atoms with Gasteiger partial charge in [-0.1, -0.05) is 29.3 Å². The van der Waals surface area contributed by atoms with E-state index in [9.17, 15) is 4.79 Å². The van der Waals surface area contributed by atoms with Crippen LogP contribution in [0, 0.1) is 0 Å². The molecule has 0 saturated carbocycles. The predicted molar refractivity (Wildman–Crippen MR) is 72.1 cm³/mol. The fourth-order valence-electron chi connectivity index (χ4n) is 1.76. The largest absolute Gasteiger partial charge is 0.337 e. The van der Waals surface area contributed by atoms with Crippen LogP contribution in [0.2, 0.25) is 10.0 Å². The lowest BCUT2D eigenvalue weighted by Crippen LogP contribution is -2.05. The molecule has 5 heteroatoms. The Bertz CT molecular complexity index is 526. The van der Waals surface area contributed by atoms with Crippen LogP contribution in [0.3, 0.4) is 0 Å². The van der Waals surface area contributed by atoms with Gasteiger partial charge < -0.3 is 9.36 Å². The predicted octanol–water partition coefficient (Wildman–Crippen LogP) is 3.56. The number of aldehydes is 1. The quantitative estimate of drug-likeness (QED) is 0.786. The number of aryl methyl sites for hydroxylation is 1. The first-order chi connectivity index (χ1) is 8.70. The smallest absolute Gasteiger partial charge is 0.127 e. The van der Waals surface area contributed by atoms with E-state index in [-0.39, 0.29) is 5.92 Å². The van der Waals surface area contributed by atoms with Crippen LogP contribution in [-0.2, 0) is 11.3 Å². The molecule has 1 heterocycles. The van der Waals surface area contributed by atoms with Gasteiger partial charge in [0.05, 0.1) is 16.4 Å².